The molecule has 2 rings (SSSR count). The average Bonchev–Trinajstić information content (AvgIpc) is 2.58. The van der Waals surface area contributed by atoms with Crippen LogP contribution >= 0.6 is 0 Å². The lowest BCUT2D eigenvalue weighted by molar-refractivity contribution is 0.0788. The Morgan fingerprint density at radius 3 is 2.80 bits per heavy atom. The molecule has 1 unspecified atom stereocenters. The van der Waals surface area contributed by atoms with Crippen molar-refractivity contribution in [1.82, 2.24) is 5.32 Å². The van der Waals surface area contributed by atoms with Gasteiger partial charge in [-0.3, -0.25) is 0 Å². The van der Waals surface area contributed by atoms with Crippen LogP contribution in [0.5, 0.6) is 0 Å². The molecule has 0 aliphatic carbocycles. The van der Waals surface area contributed by atoms with Crippen LogP contribution in [0.2, 0.25) is 0 Å². The fourth-order valence-corrected chi connectivity index (χ4v) is 3.55. The van der Waals surface area contributed by atoms with Crippen molar-refractivity contribution in [2.45, 2.75) is 32.2 Å². The normalized spacial score (nSPS) is 28.8. The van der Waals surface area contributed by atoms with Gasteiger partial charge in [-0.15, -0.1) is 0 Å². The van der Waals surface area contributed by atoms with Gasteiger partial charge in [-0.05, 0) is 36.5 Å². The van der Waals surface area contributed by atoms with Crippen molar-refractivity contribution in [2.75, 3.05) is 25.5 Å². The van der Waals surface area contributed by atoms with E-state index in [2.05, 4.69) is 12.2 Å². The minimum atomic E-state index is -0.709. The van der Waals surface area contributed by atoms with Crippen LogP contribution in [0, 0.1) is 0 Å². The van der Waals surface area contributed by atoms with Gasteiger partial charge in [-0.2, -0.15) is 0 Å². The summed E-state index contributed by atoms with van der Waals surface area (Å²) in [7, 11) is 0. The summed E-state index contributed by atoms with van der Waals surface area (Å²) in [5.41, 5.74) is 1.33. The molecule has 3 nitrogen and oxygen atoms in total. The Hall–Kier alpha value is -0.0300. The van der Waals surface area contributed by atoms with Gasteiger partial charge in [0.15, 0.2) is 0 Å². The van der Waals surface area contributed by atoms with Crippen LogP contribution in [0.4, 0.5) is 0 Å². The van der Waals surface area contributed by atoms with Crippen molar-refractivity contribution < 1.29 is 9.29 Å². The van der Waals surface area contributed by atoms with Crippen LogP contribution in [-0.4, -0.2) is 36.1 Å². The van der Waals surface area contributed by atoms with E-state index in [0.29, 0.717) is 6.04 Å². The van der Waals surface area contributed by atoms with E-state index in [-0.39, 0.29) is 0 Å². The van der Waals surface area contributed by atoms with Gasteiger partial charge in [-0.1, -0.05) is 0 Å². The van der Waals surface area contributed by atoms with Crippen LogP contribution in [0.1, 0.15) is 26.2 Å². The molecule has 0 aromatic carbocycles. The minimum Gasteiger partial charge on any atom is -0.612 e. The van der Waals surface area contributed by atoms with Gasteiger partial charge in [0.05, 0.1) is 6.54 Å². The largest absolute Gasteiger partial charge is 0.612 e. The quantitative estimate of drug-likeness (QED) is 0.739. The molecule has 4 heteroatoms. The van der Waals surface area contributed by atoms with E-state index in [1.54, 1.807) is 0 Å². The predicted molar refractivity (Wildman–Crippen MR) is 62.2 cm³/mol. The van der Waals surface area contributed by atoms with Crippen LogP contribution in [0.3, 0.4) is 0 Å². The maximum Gasteiger partial charge on any atom is 0.142 e. The standard InChI is InChI=1S/C11H19NO2S/c1-9-4-7-15(13)11(9)8-12-10-2-5-14-6-3-10/h10,12H,2-8H2,1H3. The summed E-state index contributed by atoms with van der Waals surface area (Å²) in [6, 6.07) is 0.552. The number of rotatable bonds is 3. The zero-order valence-electron chi connectivity index (χ0n) is 9.25. The van der Waals surface area contributed by atoms with E-state index >= 15 is 0 Å². The molecule has 1 atom stereocenters. The second-order valence-electron chi connectivity index (χ2n) is 4.27. The second-order valence-corrected chi connectivity index (χ2v) is 5.86. The molecule has 2 aliphatic rings. The first kappa shape index (κ1) is 11.5. The highest BCUT2D eigenvalue weighted by Crippen LogP contribution is 2.24. The lowest BCUT2D eigenvalue weighted by atomic mass is 10.1. The molecule has 2 aliphatic heterocycles. The highest BCUT2D eigenvalue weighted by molar-refractivity contribution is 7.95. The maximum absolute atomic E-state index is 11.6. The maximum atomic E-state index is 11.6. The number of ether oxygens (including phenoxy) is 1. The van der Waals surface area contributed by atoms with Crippen molar-refractivity contribution in [3.8, 4) is 0 Å². The van der Waals surface area contributed by atoms with Crippen LogP contribution in [0.15, 0.2) is 10.5 Å². The molecule has 1 saturated heterocycles. The van der Waals surface area contributed by atoms with E-state index in [1.165, 1.54) is 5.57 Å². The SMILES string of the molecule is CC1=C(CNC2CCOCC2)[S+]([O-])CC1. The Labute approximate surface area is 94.4 Å². The fourth-order valence-electron chi connectivity index (χ4n) is 2.07. The number of allylic oxidation sites excluding steroid dienone is 1. The molecule has 0 saturated carbocycles. The summed E-state index contributed by atoms with van der Waals surface area (Å²) in [6.45, 7) is 4.63. The molecule has 86 valence electrons. The van der Waals surface area contributed by atoms with E-state index in [4.69, 9.17) is 4.74 Å². The fraction of sp³-hybridized carbons (Fsp3) is 0.818. The smallest absolute Gasteiger partial charge is 0.142 e. The first-order valence-corrected chi connectivity index (χ1v) is 6.97. The van der Waals surface area contributed by atoms with Crippen LogP contribution in [0.25, 0.3) is 0 Å². The van der Waals surface area contributed by atoms with Crippen molar-refractivity contribution in [2.24, 2.45) is 0 Å². The first-order chi connectivity index (χ1) is 7.27. The molecule has 1 N–H and O–H groups in total. The van der Waals surface area contributed by atoms with E-state index in [9.17, 15) is 4.55 Å². The average molecular weight is 229 g/mol. The van der Waals surface area contributed by atoms with Gasteiger partial charge in [0, 0.05) is 25.7 Å². The summed E-state index contributed by atoms with van der Waals surface area (Å²) in [4.78, 5) is 1.14. The zero-order valence-corrected chi connectivity index (χ0v) is 10.1. The van der Waals surface area contributed by atoms with Crippen molar-refractivity contribution in [3.63, 3.8) is 0 Å². The number of nitrogens with one attached hydrogen (secondary N) is 1. The monoisotopic (exact) mass is 229 g/mol. The van der Waals surface area contributed by atoms with E-state index in [1.807, 2.05) is 0 Å². The number of hydrogen-bond donors (Lipinski definition) is 1. The van der Waals surface area contributed by atoms with Gasteiger partial charge in [0.25, 0.3) is 0 Å². The Kier molecular flexibility index (Phi) is 4.08. The molecule has 0 bridgehead atoms. The lowest BCUT2D eigenvalue weighted by Gasteiger charge is -2.23. The number of hydrogen-bond acceptors (Lipinski definition) is 3. The molecule has 15 heavy (non-hydrogen) atoms. The van der Waals surface area contributed by atoms with Gasteiger partial charge >= 0.3 is 0 Å². The molecular formula is C11H19NO2S. The Bertz CT molecular complexity index is 249. The highest BCUT2D eigenvalue weighted by atomic mass is 32.2. The highest BCUT2D eigenvalue weighted by Gasteiger charge is 2.25. The van der Waals surface area contributed by atoms with Gasteiger partial charge in [-0.25, -0.2) is 0 Å². The van der Waals surface area contributed by atoms with Crippen LogP contribution < -0.4 is 5.32 Å². The van der Waals surface area contributed by atoms with Crippen molar-refractivity contribution >= 4 is 11.2 Å². The third-order valence-electron chi connectivity index (χ3n) is 3.19. The molecule has 2 heterocycles. The van der Waals surface area contributed by atoms with Crippen LogP contribution in [-0.2, 0) is 15.9 Å². The molecule has 0 amide bonds. The first-order valence-electron chi connectivity index (χ1n) is 5.65. The van der Waals surface area contributed by atoms with E-state index in [0.717, 1.165) is 49.7 Å². The summed E-state index contributed by atoms with van der Waals surface area (Å²) in [6.07, 6.45) is 3.18. The Morgan fingerprint density at radius 1 is 1.47 bits per heavy atom. The molecule has 0 aromatic rings. The Balaban J connectivity index is 1.79. The third-order valence-corrected chi connectivity index (χ3v) is 4.80. The Morgan fingerprint density at radius 2 is 2.20 bits per heavy atom. The molecule has 0 spiro atoms. The molecule has 0 aromatic heterocycles. The molecule has 1 fully saturated rings. The third kappa shape index (κ3) is 2.97. The molecule has 0 radical (unpaired) electrons. The minimum absolute atomic E-state index is 0.552. The van der Waals surface area contributed by atoms with Crippen molar-refractivity contribution in [1.29, 1.82) is 0 Å². The lowest BCUT2D eigenvalue weighted by Crippen LogP contribution is -2.36. The molecular weight excluding hydrogens is 210 g/mol. The summed E-state index contributed by atoms with van der Waals surface area (Å²) >= 11 is -0.709. The summed E-state index contributed by atoms with van der Waals surface area (Å²) < 4.78 is 16.9. The van der Waals surface area contributed by atoms with E-state index < -0.39 is 11.2 Å². The zero-order chi connectivity index (χ0) is 10.7. The predicted octanol–water partition coefficient (Wildman–Crippen LogP) is 1.18. The summed E-state index contributed by atoms with van der Waals surface area (Å²) in [5.74, 6) is 0.830. The topological polar surface area (TPSA) is 44.3 Å². The van der Waals surface area contributed by atoms with Gasteiger partial charge < -0.3 is 14.6 Å². The van der Waals surface area contributed by atoms with Crippen molar-refractivity contribution in [3.05, 3.63) is 10.5 Å². The van der Waals surface area contributed by atoms with Gasteiger partial charge in [0.2, 0.25) is 0 Å². The second kappa shape index (κ2) is 5.34. The summed E-state index contributed by atoms with van der Waals surface area (Å²) in [5, 5.41) is 3.49. The van der Waals surface area contributed by atoms with Gasteiger partial charge in [0.1, 0.15) is 10.7 Å².